The van der Waals surface area contributed by atoms with Gasteiger partial charge in [-0.05, 0) is 13.1 Å². The maximum Gasteiger partial charge on any atom is 0.164 e. The van der Waals surface area contributed by atoms with Crippen LogP contribution in [0.2, 0.25) is 0 Å². The highest BCUT2D eigenvalue weighted by Gasteiger charge is 2.17. The zero-order chi connectivity index (χ0) is 12.8. The Hall–Kier alpha value is -1.07. The van der Waals surface area contributed by atoms with Crippen LogP contribution in [0.25, 0.3) is 0 Å². The van der Waals surface area contributed by atoms with E-state index < -0.39 is 0 Å². The van der Waals surface area contributed by atoms with Gasteiger partial charge in [0.15, 0.2) is 11.5 Å². The zero-order valence-electron chi connectivity index (χ0n) is 10.6. The van der Waals surface area contributed by atoms with Crippen LogP contribution in [-0.4, -0.2) is 34.1 Å². The highest BCUT2D eigenvalue weighted by molar-refractivity contribution is 7.80. The quantitative estimate of drug-likeness (QED) is 0.764. The average Bonchev–Trinajstić information content (AvgIpc) is 2.39. The molecule has 0 aliphatic heterocycles. The second-order valence-electron chi connectivity index (χ2n) is 3.47. The van der Waals surface area contributed by atoms with Crippen molar-refractivity contribution in [2.75, 3.05) is 34.1 Å². The Labute approximate surface area is 108 Å². The van der Waals surface area contributed by atoms with E-state index in [0.717, 1.165) is 11.3 Å². The van der Waals surface area contributed by atoms with Crippen molar-refractivity contribution in [3.63, 3.8) is 0 Å². The Balaban J connectivity index is 3.27. The lowest BCUT2D eigenvalue weighted by molar-refractivity contribution is 0.346. The van der Waals surface area contributed by atoms with Gasteiger partial charge in [-0.2, -0.15) is 12.6 Å². The molecule has 0 saturated carbocycles. The predicted molar refractivity (Wildman–Crippen MR) is 71.8 cm³/mol. The summed E-state index contributed by atoms with van der Waals surface area (Å²) in [4.78, 5) is 0. The molecule has 1 atom stereocenters. The standard InChI is InChI=1S/C12H19NO3S/c1-13-9(7-17)8-5-11(15-3)12(16-4)6-10(8)14-2/h5-6,9,13,17H,7H2,1-4H3. The molecule has 0 bridgehead atoms. The summed E-state index contributed by atoms with van der Waals surface area (Å²) in [5, 5.41) is 3.18. The molecule has 0 fully saturated rings. The highest BCUT2D eigenvalue weighted by atomic mass is 32.1. The largest absolute Gasteiger partial charge is 0.496 e. The minimum atomic E-state index is 0.105. The van der Waals surface area contributed by atoms with Crippen molar-refractivity contribution in [2.45, 2.75) is 6.04 Å². The van der Waals surface area contributed by atoms with Crippen LogP contribution < -0.4 is 19.5 Å². The summed E-state index contributed by atoms with van der Waals surface area (Å²) in [6.45, 7) is 0. The summed E-state index contributed by atoms with van der Waals surface area (Å²) in [6, 6.07) is 3.84. The van der Waals surface area contributed by atoms with Crippen LogP contribution in [0.15, 0.2) is 12.1 Å². The predicted octanol–water partition coefficient (Wildman–Crippen LogP) is 1.90. The summed E-state index contributed by atoms with van der Waals surface area (Å²) in [6.07, 6.45) is 0. The van der Waals surface area contributed by atoms with Gasteiger partial charge >= 0.3 is 0 Å². The molecule has 0 spiro atoms. The summed E-state index contributed by atoms with van der Waals surface area (Å²) in [7, 11) is 6.74. The lowest BCUT2D eigenvalue weighted by Crippen LogP contribution is -2.18. The van der Waals surface area contributed by atoms with Crippen molar-refractivity contribution < 1.29 is 14.2 Å². The van der Waals surface area contributed by atoms with Crippen LogP contribution in [0.4, 0.5) is 0 Å². The van der Waals surface area contributed by atoms with Crippen molar-refractivity contribution in [3.05, 3.63) is 17.7 Å². The number of thiol groups is 1. The normalized spacial score (nSPS) is 12.1. The molecular weight excluding hydrogens is 238 g/mol. The van der Waals surface area contributed by atoms with Crippen LogP contribution in [0, 0.1) is 0 Å². The Kier molecular flexibility index (Phi) is 5.44. The molecule has 1 unspecified atom stereocenters. The van der Waals surface area contributed by atoms with E-state index in [4.69, 9.17) is 14.2 Å². The molecule has 0 heterocycles. The average molecular weight is 257 g/mol. The molecule has 96 valence electrons. The SMILES string of the molecule is CNC(CS)c1cc(OC)c(OC)cc1OC. The fraction of sp³-hybridized carbons (Fsp3) is 0.500. The first-order valence-corrected chi connectivity index (χ1v) is 5.93. The van der Waals surface area contributed by atoms with Crippen molar-refractivity contribution in [3.8, 4) is 17.2 Å². The molecular formula is C12H19NO3S. The third kappa shape index (κ3) is 2.98. The van der Waals surface area contributed by atoms with Crippen LogP contribution in [-0.2, 0) is 0 Å². The van der Waals surface area contributed by atoms with E-state index in [0.29, 0.717) is 17.3 Å². The fourth-order valence-electron chi connectivity index (χ4n) is 1.67. The molecule has 0 radical (unpaired) electrons. The maximum atomic E-state index is 5.36. The number of rotatable bonds is 6. The van der Waals surface area contributed by atoms with Gasteiger partial charge in [-0.15, -0.1) is 0 Å². The molecule has 1 N–H and O–H groups in total. The molecule has 17 heavy (non-hydrogen) atoms. The van der Waals surface area contributed by atoms with E-state index in [2.05, 4.69) is 17.9 Å². The van der Waals surface area contributed by atoms with Gasteiger partial charge in [0.05, 0.1) is 21.3 Å². The topological polar surface area (TPSA) is 39.7 Å². The molecule has 0 amide bonds. The third-order valence-corrected chi connectivity index (χ3v) is 3.01. The van der Waals surface area contributed by atoms with E-state index in [1.54, 1.807) is 21.3 Å². The fourth-order valence-corrected chi connectivity index (χ4v) is 2.05. The van der Waals surface area contributed by atoms with Crippen LogP contribution in [0.3, 0.4) is 0 Å². The van der Waals surface area contributed by atoms with Gasteiger partial charge in [-0.1, -0.05) is 0 Å². The zero-order valence-corrected chi connectivity index (χ0v) is 11.5. The van der Waals surface area contributed by atoms with E-state index >= 15 is 0 Å². The van der Waals surface area contributed by atoms with Crippen LogP contribution >= 0.6 is 12.6 Å². The molecule has 4 nitrogen and oxygen atoms in total. The first kappa shape index (κ1) is 14.0. The van der Waals surface area contributed by atoms with Gasteiger partial charge < -0.3 is 19.5 Å². The monoisotopic (exact) mass is 257 g/mol. The minimum Gasteiger partial charge on any atom is -0.496 e. The lowest BCUT2D eigenvalue weighted by atomic mass is 10.1. The Morgan fingerprint density at radius 2 is 1.59 bits per heavy atom. The van der Waals surface area contributed by atoms with E-state index in [9.17, 15) is 0 Å². The highest BCUT2D eigenvalue weighted by Crippen LogP contribution is 2.37. The molecule has 1 aromatic carbocycles. The third-order valence-electron chi connectivity index (χ3n) is 2.64. The molecule has 1 aromatic rings. The van der Waals surface area contributed by atoms with Gasteiger partial charge in [0.1, 0.15) is 5.75 Å². The van der Waals surface area contributed by atoms with E-state index in [1.165, 1.54) is 0 Å². The number of methoxy groups -OCH3 is 3. The second-order valence-corrected chi connectivity index (χ2v) is 3.84. The van der Waals surface area contributed by atoms with Crippen molar-refractivity contribution >= 4 is 12.6 Å². The second kappa shape index (κ2) is 6.61. The number of hydrogen-bond donors (Lipinski definition) is 2. The van der Waals surface area contributed by atoms with Gasteiger partial charge in [0.2, 0.25) is 0 Å². The van der Waals surface area contributed by atoms with Crippen molar-refractivity contribution in [1.82, 2.24) is 5.32 Å². The summed E-state index contributed by atoms with van der Waals surface area (Å²) in [5.74, 6) is 2.77. The van der Waals surface area contributed by atoms with Gasteiger partial charge in [-0.25, -0.2) is 0 Å². The Bertz CT molecular complexity index is 367. The lowest BCUT2D eigenvalue weighted by Gasteiger charge is -2.19. The molecule has 1 rings (SSSR count). The molecule has 0 aliphatic carbocycles. The van der Waals surface area contributed by atoms with Crippen LogP contribution in [0.5, 0.6) is 17.2 Å². The molecule has 5 heteroatoms. The number of ether oxygens (including phenoxy) is 3. The number of benzene rings is 1. The smallest absolute Gasteiger partial charge is 0.164 e. The van der Waals surface area contributed by atoms with Crippen molar-refractivity contribution in [1.29, 1.82) is 0 Å². The number of hydrogen-bond acceptors (Lipinski definition) is 5. The first-order valence-electron chi connectivity index (χ1n) is 5.29. The minimum absolute atomic E-state index is 0.105. The summed E-state index contributed by atoms with van der Waals surface area (Å²) < 4.78 is 15.9. The van der Waals surface area contributed by atoms with E-state index in [-0.39, 0.29) is 6.04 Å². The summed E-state index contributed by atoms with van der Waals surface area (Å²) in [5.41, 5.74) is 1.00. The summed E-state index contributed by atoms with van der Waals surface area (Å²) >= 11 is 4.32. The molecule has 0 aromatic heterocycles. The van der Waals surface area contributed by atoms with E-state index in [1.807, 2.05) is 19.2 Å². The van der Waals surface area contributed by atoms with Gasteiger partial charge in [-0.3, -0.25) is 0 Å². The Morgan fingerprint density at radius 3 is 2.00 bits per heavy atom. The Morgan fingerprint density at radius 1 is 1.06 bits per heavy atom. The van der Waals surface area contributed by atoms with Gasteiger partial charge in [0.25, 0.3) is 0 Å². The molecule has 0 aliphatic rings. The van der Waals surface area contributed by atoms with Gasteiger partial charge in [0, 0.05) is 23.4 Å². The number of nitrogens with one attached hydrogen (secondary N) is 1. The van der Waals surface area contributed by atoms with Crippen LogP contribution in [0.1, 0.15) is 11.6 Å². The molecule has 0 saturated heterocycles. The van der Waals surface area contributed by atoms with Crippen molar-refractivity contribution in [2.24, 2.45) is 0 Å². The maximum absolute atomic E-state index is 5.36. The first-order chi connectivity index (χ1) is 8.21.